The number of methoxy groups -OCH3 is 2. The Kier molecular flexibility index (Phi) is 5.53. The first-order valence-corrected chi connectivity index (χ1v) is 7.62. The molecule has 0 fully saturated rings. The molecule has 23 heavy (non-hydrogen) atoms. The van der Waals surface area contributed by atoms with Crippen LogP contribution in [0.4, 0.5) is 0 Å². The van der Waals surface area contributed by atoms with Crippen molar-refractivity contribution in [2.24, 2.45) is 0 Å². The zero-order chi connectivity index (χ0) is 16.8. The number of aliphatic carboxylic acids is 1. The summed E-state index contributed by atoms with van der Waals surface area (Å²) in [6.45, 7) is 0. The quantitative estimate of drug-likeness (QED) is 0.803. The Morgan fingerprint density at radius 3 is 2.61 bits per heavy atom. The van der Waals surface area contributed by atoms with E-state index in [1.54, 1.807) is 23.6 Å². The Balaban J connectivity index is 2.27. The number of thiazole rings is 1. The molecule has 2 rings (SSSR count). The van der Waals surface area contributed by atoms with Gasteiger partial charge in [-0.25, -0.2) is 4.98 Å². The van der Waals surface area contributed by atoms with Crippen molar-refractivity contribution >= 4 is 23.2 Å². The van der Waals surface area contributed by atoms with Gasteiger partial charge in [-0.2, -0.15) is 0 Å². The fourth-order valence-electron chi connectivity index (χ4n) is 2.05. The topological polar surface area (TPSA) is 97.8 Å². The van der Waals surface area contributed by atoms with Crippen LogP contribution in [0, 0.1) is 0 Å². The third kappa shape index (κ3) is 4.19. The van der Waals surface area contributed by atoms with Crippen LogP contribution < -0.4 is 14.8 Å². The van der Waals surface area contributed by atoms with E-state index in [4.69, 9.17) is 14.6 Å². The van der Waals surface area contributed by atoms with Gasteiger partial charge in [0.2, 0.25) is 0 Å². The van der Waals surface area contributed by atoms with Gasteiger partial charge in [-0.3, -0.25) is 9.59 Å². The molecule has 0 aliphatic heterocycles. The van der Waals surface area contributed by atoms with Gasteiger partial charge in [-0.15, -0.1) is 11.3 Å². The highest BCUT2D eigenvalue weighted by atomic mass is 32.1. The monoisotopic (exact) mass is 336 g/mol. The van der Waals surface area contributed by atoms with E-state index in [-0.39, 0.29) is 12.1 Å². The lowest BCUT2D eigenvalue weighted by Gasteiger charge is -2.18. The maximum absolute atomic E-state index is 12.1. The number of benzene rings is 1. The average Bonchev–Trinajstić information content (AvgIpc) is 3.07. The van der Waals surface area contributed by atoms with Crippen LogP contribution in [0.3, 0.4) is 0 Å². The van der Waals surface area contributed by atoms with Gasteiger partial charge in [0, 0.05) is 5.38 Å². The second-order valence-corrected chi connectivity index (χ2v) is 5.33. The molecule has 0 radical (unpaired) electrons. The number of carbonyl (C=O) groups is 2. The van der Waals surface area contributed by atoms with Crippen molar-refractivity contribution in [2.45, 2.75) is 12.5 Å². The fraction of sp³-hybridized carbons (Fsp3) is 0.267. The number of hydrogen-bond acceptors (Lipinski definition) is 6. The van der Waals surface area contributed by atoms with Crippen molar-refractivity contribution in [2.75, 3.05) is 14.2 Å². The van der Waals surface area contributed by atoms with Crippen LogP contribution >= 0.6 is 11.3 Å². The Labute approximate surface area is 136 Å². The van der Waals surface area contributed by atoms with Gasteiger partial charge in [0.1, 0.15) is 5.69 Å². The number of nitrogens with zero attached hydrogens (tertiary/aromatic N) is 1. The van der Waals surface area contributed by atoms with E-state index in [2.05, 4.69) is 10.3 Å². The highest BCUT2D eigenvalue weighted by Crippen LogP contribution is 2.31. The van der Waals surface area contributed by atoms with E-state index in [0.29, 0.717) is 17.1 Å². The molecule has 7 nitrogen and oxygen atoms in total. The SMILES string of the molecule is COc1ccc(C(CC(=O)O)NC(=O)c2cscn2)cc1OC. The summed E-state index contributed by atoms with van der Waals surface area (Å²) < 4.78 is 10.4. The van der Waals surface area contributed by atoms with Gasteiger partial charge >= 0.3 is 5.97 Å². The number of amides is 1. The maximum atomic E-state index is 12.1. The Morgan fingerprint density at radius 1 is 1.30 bits per heavy atom. The molecule has 122 valence electrons. The molecule has 1 unspecified atom stereocenters. The van der Waals surface area contributed by atoms with Gasteiger partial charge < -0.3 is 19.9 Å². The number of hydrogen-bond donors (Lipinski definition) is 2. The minimum absolute atomic E-state index is 0.255. The maximum Gasteiger partial charge on any atom is 0.305 e. The highest BCUT2D eigenvalue weighted by Gasteiger charge is 2.21. The lowest BCUT2D eigenvalue weighted by Crippen LogP contribution is -2.30. The lowest BCUT2D eigenvalue weighted by atomic mass is 10.0. The molecule has 0 bridgehead atoms. The van der Waals surface area contributed by atoms with Gasteiger partial charge in [0.25, 0.3) is 5.91 Å². The van der Waals surface area contributed by atoms with Crippen molar-refractivity contribution in [1.29, 1.82) is 0 Å². The third-order valence-corrected chi connectivity index (χ3v) is 3.75. The first-order chi connectivity index (χ1) is 11.0. The summed E-state index contributed by atoms with van der Waals surface area (Å²) in [6.07, 6.45) is -0.259. The lowest BCUT2D eigenvalue weighted by molar-refractivity contribution is -0.137. The number of carboxylic acids is 1. The molecule has 0 saturated heterocycles. The van der Waals surface area contributed by atoms with Crippen LogP contribution in [0.5, 0.6) is 11.5 Å². The molecular weight excluding hydrogens is 320 g/mol. The number of carboxylic acid groups (broad SMARTS) is 1. The number of ether oxygens (including phenoxy) is 2. The zero-order valence-corrected chi connectivity index (χ0v) is 13.4. The number of nitrogens with one attached hydrogen (secondary N) is 1. The fourth-order valence-corrected chi connectivity index (χ4v) is 2.59. The van der Waals surface area contributed by atoms with Crippen molar-refractivity contribution in [1.82, 2.24) is 10.3 Å². The summed E-state index contributed by atoms with van der Waals surface area (Å²) in [6, 6.07) is 4.30. The summed E-state index contributed by atoms with van der Waals surface area (Å²) in [5.74, 6) is -0.463. The van der Waals surface area contributed by atoms with E-state index >= 15 is 0 Å². The van der Waals surface area contributed by atoms with Crippen molar-refractivity contribution in [3.63, 3.8) is 0 Å². The number of rotatable bonds is 7. The summed E-state index contributed by atoms with van der Waals surface area (Å²) >= 11 is 1.29. The van der Waals surface area contributed by atoms with Crippen molar-refractivity contribution in [3.05, 3.63) is 40.3 Å². The smallest absolute Gasteiger partial charge is 0.305 e. The highest BCUT2D eigenvalue weighted by molar-refractivity contribution is 7.07. The molecular formula is C15H16N2O5S. The van der Waals surface area contributed by atoms with Crippen LogP contribution in [-0.2, 0) is 4.79 Å². The van der Waals surface area contributed by atoms with Crippen molar-refractivity contribution < 1.29 is 24.2 Å². The van der Waals surface area contributed by atoms with E-state index in [0.717, 1.165) is 0 Å². The second kappa shape index (κ2) is 7.59. The third-order valence-electron chi connectivity index (χ3n) is 3.16. The molecule has 1 aromatic heterocycles. The molecule has 1 heterocycles. The zero-order valence-electron chi connectivity index (χ0n) is 12.6. The number of carbonyl (C=O) groups excluding carboxylic acids is 1. The van der Waals surface area contributed by atoms with Crippen LogP contribution in [-0.4, -0.2) is 36.2 Å². The van der Waals surface area contributed by atoms with E-state index in [9.17, 15) is 9.59 Å². The average molecular weight is 336 g/mol. The molecule has 0 aliphatic carbocycles. The van der Waals surface area contributed by atoms with Crippen LogP contribution in [0.15, 0.2) is 29.1 Å². The molecule has 2 N–H and O–H groups in total. The van der Waals surface area contributed by atoms with Crippen LogP contribution in [0.2, 0.25) is 0 Å². The molecule has 8 heteroatoms. The first kappa shape index (κ1) is 16.8. The van der Waals surface area contributed by atoms with E-state index in [1.165, 1.54) is 31.1 Å². The minimum Gasteiger partial charge on any atom is -0.493 e. The van der Waals surface area contributed by atoms with Gasteiger partial charge in [-0.1, -0.05) is 6.07 Å². The molecule has 0 saturated carbocycles. The Hall–Kier alpha value is -2.61. The minimum atomic E-state index is -1.02. The summed E-state index contributed by atoms with van der Waals surface area (Å²) in [5.41, 5.74) is 2.40. The summed E-state index contributed by atoms with van der Waals surface area (Å²) in [5, 5.41) is 13.4. The molecule has 2 aromatic rings. The van der Waals surface area contributed by atoms with Crippen LogP contribution in [0.1, 0.15) is 28.5 Å². The van der Waals surface area contributed by atoms with E-state index in [1.807, 2.05) is 0 Å². The Bertz CT molecular complexity index is 687. The van der Waals surface area contributed by atoms with Gasteiger partial charge in [-0.05, 0) is 17.7 Å². The second-order valence-electron chi connectivity index (χ2n) is 4.61. The number of aromatic nitrogens is 1. The predicted octanol–water partition coefficient (Wildman–Crippen LogP) is 2.11. The predicted molar refractivity (Wildman–Crippen MR) is 84.1 cm³/mol. The standard InChI is InChI=1S/C15H16N2O5S/c1-21-12-4-3-9(5-13(12)22-2)10(6-14(18)19)17-15(20)11-7-23-8-16-11/h3-5,7-8,10H,6H2,1-2H3,(H,17,20)(H,18,19). The first-order valence-electron chi connectivity index (χ1n) is 6.68. The van der Waals surface area contributed by atoms with E-state index < -0.39 is 17.9 Å². The molecule has 1 amide bonds. The summed E-state index contributed by atoms with van der Waals surface area (Å²) in [4.78, 5) is 27.2. The van der Waals surface area contributed by atoms with Crippen LogP contribution in [0.25, 0.3) is 0 Å². The largest absolute Gasteiger partial charge is 0.493 e. The van der Waals surface area contributed by atoms with Gasteiger partial charge in [0.15, 0.2) is 11.5 Å². The molecule has 1 aromatic carbocycles. The normalized spacial score (nSPS) is 11.6. The van der Waals surface area contributed by atoms with Crippen molar-refractivity contribution in [3.8, 4) is 11.5 Å². The molecule has 1 atom stereocenters. The molecule has 0 aliphatic rings. The Morgan fingerprint density at radius 2 is 2.04 bits per heavy atom. The summed E-state index contributed by atoms with van der Waals surface area (Å²) in [7, 11) is 3.00. The van der Waals surface area contributed by atoms with Gasteiger partial charge in [0.05, 0.1) is 32.2 Å². The molecule has 0 spiro atoms.